The highest BCUT2D eigenvalue weighted by molar-refractivity contribution is 7.80. The van der Waals surface area contributed by atoms with E-state index in [1.54, 1.807) is 0 Å². The van der Waals surface area contributed by atoms with Crippen LogP contribution in [0.25, 0.3) is 0 Å². The van der Waals surface area contributed by atoms with Gasteiger partial charge in [0.25, 0.3) is 0 Å². The molecule has 1 aliphatic rings. The highest BCUT2D eigenvalue weighted by Crippen LogP contribution is 2.26. The Balaban J connectivity index is 2.52. The van der Waals surface area contributed by atoms with Crippen molar-refractivity contribution in [3.8, 4) is 0 Å². The Bertz CT molecular complexity index is 1220. The van der Waals surface area contributed by atoms with E-state index in [0.717, 1.165) is 77.0 Å². The third-order valence-electron chi connectivity index (χ3n) is 9.12. The van der Waals surface area contributed by atoms with Crippen molar-refractivity contribution >= 4 is 16.4 Å². The number of rotatable bonds is 35. The van der Waals surface area contributed by atoms with Crippen LogP contribution in [0.5, 0.6) is 0 Å². The summed E-state index contributed by atoms with van der Waals surface area (Å²) in [4.78, 5) is 12.8. The number of ether oxygens (including phenoxy) is 4. The van der Waals surface area contributed by atoms with Crippen LogP contribution in [0.4, 0.5) is 0 Å². The topological polar surface area (TPSA) is 178 Å². The third kappa shape index (κ3) is 28.2. The zero-order valence-electron chi connectivity index (χ0n) is 34.2. The molecule has 1 heterocycles. The molecule has 4 N–H and O–H groups in total. The van der Waals surface area contributed by atoms with Crippen LogP contribution >= 0.6 is 0 Å². The molecule has 0 aromatic heterocycles. The number of unbranched alkanes of at least 4 members (excludes halogenated alkanes) is 12. The summed E-state index contributed by atoms with van der Waals surface area (Å²) in [7, 11) is -5.07. The molecule has 0 aromatic carbocycles. The third-order valence-corrected chi connectivity index (χ3v) is 9.59. The molecule has 1 saturated heterocycles. The lowest BCUT2D eigenvalue weighted by molar-refractivity contribution is -0.301. The van der Waals surface area contributed by atoms with Crippen LogP contribution in [0.1, 0.15) is 142 Å². The van der Waals surface area contributed by atoms with Gasteiger partial charge in [-0.25, -0.2) is 4.18 Å². The Hall–Kier alpha value is -2.20. The normalized spacial score (nSPS) is 21.4. The molecule has 324 valence electrons. The van der Waals surface area contributed by atoms with Crippen LogP contribution in [-0.4, -0.2) is 97.5 Å². The average Bonchev–Trinajstić information content (AvgIpc) is 3.17. The summed E-state index contributed by atoms with van der Waals surface area (Å²) >= 11 is 0. The predicted octanol–water partition coefficient (Wildman–Crippen LogP) is 8.18. The SMILES string of the molecule is CC/C=C\C/C=C\C/C=C\C/C=C\CCCOCC(COC1OC(CO)C(O)C(OS(=O)(=O)O)C1O)OC(=O)CCCCCCC/C=C\CCCCCCCC. The highest BCUT2D eigenvalue weighted by atomic mass is 32.3. The van der Waals surface area contributed by atoms with Gasteiger partial charge < -0.3 is 34.3 Å². The number of carbonyl (C=O) groups is 1. The summed E-state index contributed by atoms with van der Waals surface area (Å²) in [6, 6.07) is 0. The van der Waals surface area contributed by atoms with Crippen molar-refractivity contribution in [2.45, 2.75) is 179 Å². The van der Waals surface area contributed by atoms with Crippen molar-refractivity contribution < 1.29 is 56.2 Å². The second-order valence-corrected chi connectivity index (χ2v) is 15.2. The smallest absolute Gasteiger partial charge is 0.397 e. The molecule has 6 atom stereocenters. The Morgan fingerprint density at radius 2 is 1.23 bits per heavy atom. The quantitative estimate of drug-likeness (QED) is 0.0209. The van der Waals surface area contributed by atoms with Gasteiger partial charge in [0.15, 0.2) is 6.29 Å². The molecule has 1 rings (SSSR count). The van der Waals surface area contributed by atoms with Crippen molar-refractivity contribution in [2.75, 3.05) is 26.4 Å². The summed E-state index contributed by atoms with van der Waals surface area (Å²) in [5.41, 5.74) is 0. The molecule has 12 nitrogen and oxygen atoms in total. The van der Waals surface area contributed by atoms with E-state index in [4.69, 9.17) is 23.5 Å². The fourth-order valence-electron chi connectivity index (χ4n) is 5.96. The van der Waals surface area contributed by atoms with Crippen LogP contribution in [-0.2, 0) is 38.3 Å². The van der Waals surface area contributed by atoms with Crippen molar-refractivity contribution in [3.63, 3.8) is 0 Å². The standard InChI is InChI=1S/C43H74O12S/c1-3-5-7-9-11-13-15-17-19-20-22-24-26-28-30-32-39(45)53-37(35-51-33-31-29-27-25-23-21-18-16-14-12-10-8-6-4-2)36-52-43-41(47)42(55-56(48,49)50)40(46)38(34-44)54-43/h6,8,12,14,17-19,21,25,27,37-38,40-44,46-47H,3-5,7,9-11,13,15-16,20,22-24,26,28-36H2,1-2H3,(H,48,49,50)/b8-6-,14-12-,19-17-,21-18-,27-25-. The van der Waals surface area contributed by atoms with Crippen LogP contribution in [0.15, 0.2) is 60.8 Å². The van der Waals surface area contributed by atoms with Crippen molar-refractivity contribution in [3.05, 3.63) is 60.8 Å². The first-order chi connectivity index (χ1) is 27.1. The molecule has 1 aliphatic heterocycles. The van der Waals surface area contributed by atoms with Gasteiger partial charge >= 0.3 is 16.4 Å². The summed E-state index contributed by atoms with van der Waals surface area (Å²) in [5.74, 6) is -0.430. The number of allylic oxidation sites excluding steroid dienone is 10. The minimum absolute atomic E-state index is 0.00780. The van der Waals surface area contributed by atoms with E-state index in [1.807, 2.05) is 0 Å². The first kappa shape index (κ1) is 51.8. The van der Waals surface area contributed by atoms with E-state index >= 15 is 0 Å². The number of carbonyl (C=O) groups excluding carboxylic acids is 1. The van der Waals surface area contributed by atoms with Gasteiger partial charge in [-0.2, -0.15) is 8.42 Å². The van der Waals surface area contributed by atoms with Crippen LogP contribution in [0.3, 0.4) is 0 Å². The molecular weight excluding hydrogens is 741 g/mol. The molecule has 13 heteroatoms. The molecule has 0 saturated carbocycles. The van der Waals surface area contributed by atoms with E-state index in [-0.39, 0.29) is 19.6 Å². The predicted molar refractivity (Wildman–Crippen MR) is 220 cm³/mol. The second kappa shape index (κ2) is 34.8. The van der Waals surface area contributed by atoms with Gasteiger partial charge in [0.1, 0.15) is 30.5 Å². The van der Waals surface area contributed by atoms with Crippen molar-refractivity contribution in [1.82, 2.24) is 0 Å². The molecule has 1 fully saturated rings. The first-order valence-corrected chi connectivity index (χ1v) is 22.4. The van der Waals surface area contributed by atoms with Gasteiger partial charge in [-0.1, -0.05) is 126 Å². The van der Waals surface area contributed by atoms with Gasteiger partial charge in [-0.3, -0.25) is 9.35 Å². The van der Waals surface area contributed by atoms with Crippen molar-refractivity contribution in [1.29, 1.82) is 0 Å². The first-order valence-electron chi connectivity index (χ1n) is 21.0. The van der Waals surface area contributed by atoms with Gasteiger partial charge in [-0.05, 0) is 70.6 Å². The van der Waals surface area contributed by atoms with Gasteiger partial charge in [-0.15, -0.1) is 0 Å². The number of aliphatic hydroxyl groups is 3. The lowest BCUT2D eigenvalue weighted by atomic mass is 9.99. The number of aliphatic hydroxyl groups excluding tert-OH is 3. The molecule has 0 bridgehead atoms. The summed E-state index contributed by atoms with van der Waals surface area (Å²) in [6.07, 6.45) is 32.7. The second-order valence-electron chi connectivity index (χ2n) is 14.2. The summed E-state index contributed by atoms with van der Waals surface area (Å²) < 4.78 is 58.8. The Morgan fingerprint density at radius 3 is 1.82 bits per heavy atom. The van der Waals surface area contributed by atoms with Gasteiger partial charge in [0.05, 0.1) is 19.8 Å². The zero-order valence-corrected chi connectivity index (χ0v) is 35.0. The molecule has 0 aliphatic carbocycles. The Labute approximate surface area is 338 Å². The van der Waals surface area contributed by atoms with Crippen LogP contribution in [0, 0.1) is 0 Å². The fourth-order valence-corrected chi connectivity index (χ4v) is 6.47. The zero-order chi connectivity index (χ0) is 41.1. The lowest BCUT2D eigenvalue weighted by Gasteiger charge is -2.41. The lowest BCUT2D eigenvalue weighted by Crippen LogP contribution is -2.60. The number of esters is 1. The highest BCUT2D eigenvalue weighted by Gasteiger charge is 2.48. The largest absolute Gasteiger partial charge is 0.457 e. The van der Waals surface area contributed by atoms with E-state index in [9.17, 15) is 28.5 Å². The Kier molecular flexibility index (Phi) is 32.2. The molecule has 0 amide bonds. The van der Waals surface area contributed by atoms with Crippen LogP contribution in [0.2, 0.25) is 0 Å². The van der Waals surface area contributed by atoms with E-state index in [1.165, 1.54) is 38.5 Å². The summed E-state index contributed by atoms with van der Waals surface area (Å²) in [5, 5.41) is 30.6. The molecule has 0 aromatic rings. The maximum absolute atomic E-state index is 12.8. The fraction of sp³-hybridized carbons (Fsp3) is 0.744. The van der Waals surface area contributed by atoms with Gasteiger partial charge in [0.2, 0.25) is 0 Å². The van der Waals surface area contributed by atoms with E-state index < -0.39 is 59.8 Å². The minimum atomic E-state index is -5.07. The maximum atomic E-state index is 12.8. The number of hydrogen-bond acceptors (Lipinski definition) is 11. The molecule has 6 unspecified atom stereocenters. The minimum Gasteiger partial charge on any atom is -0.457 e. The Morgan fingerprint density at radius 1 is 0.696 bits per heavy atom. The summed E-state index contributed by atoms with van der Waals surface area (Å²) in [6.45, 7) is 3.69. The molecule has 0 radical (unpaired) electrons. The van der Waals surface area contributed by atoms with E-state index in [0.29, 0.717) is 13.0 Å². The molecule has 0 spiro atoms. The maximum Gasteiger partial charge on any atom is 0.397 e. The van der Waals surface area contributed by atoms with E-state index in [2.05, 4.69) is 78.8 Å². The average molecular weight is 815 g/mol. The van der Waals surface area contributed by atoms with Gasteiger partial charge in [0, 0.05) is 13.0 Å². The van der Waals surface area contributed by atoms with Crippen LogP contribution < -0.4 is 0 Å². The number of hydrogen-bond donors (Lipinski definition) is 4. The monoisotopic (exact) mass is 814 g/mol. The van der Waals surface area contributed by atoms with Crippen molar-refractivity contribution in [2.24, 2.45) is 0 Å². The molecular formula is C43H74O12S. The molecule has 56 heavy (non-hydrogen) atoms.